The number of carbonyl (C=O) groups excluding carboxylic acids is 1. The first-order valence-electron chi connectivity index (χ1n) is 4.38. The Bertz CT molecular complexity index is 438. The number of furan rings is 1. The summed E-state index contributed by atoms with van der Waals surface area (Å²) < 4.78 is 4.78. The zero-order valence-corrected chi connectivity index (χ0v) is 9.18. The minimum atomic E-state index is -1.32. The van der Waals surface area contributed by atoms with Crippen molar-refractivity contribution in [3.63, 3.8) is 0 Å². The standard InChI is InChI=1S/C9H8ClNO6/c10-6-2-1-5(17-6)9(16)11(3-7(12)13)4-8(14)15/h1-2H,3-4H2,(H,12,13)(H,14,15). The number of carboxylic acids is 2. The second-order valence-electron chi connectivity index (χ2n) is 3.05. The monoisotopic (exact) mass is 261 g/mol. The van der Waals surface area contributed by atoms with Crippen LogP contribution in [0.15, 0.2) is 16.5 Å². The molecule has 0 radical (unpaired) electrons. The lowest BCUT2D eigenvalue weighted by Crippen LogP contribution is -2.39. The van der Waals surface area contributed by atoms with E-state index in [1.807, 2.05) is 0 Å². The van der Waals surface area contributed by atoms with Crippen LogP contribution >= 0.6 is 11.6 Å². The Kier molecular flexibility index (Phi) is 4.11. The predicted molar refractivity (Wildman–Crippen MR) is 54.9 cm³/mol. The second-order valence-corrected chi connectivity index (χ2v) is 3.42. The van der Waals surface area contributed by atoms with Gasteiger partial charge in [0.25, 0.3) is 5.91 Å². The fourth-order valence-corrected chi connectivity index (χ4v) is 1.26. The van der Waals surface area contributed by atoms with Crippen molar-refractivity contribution < 1.29 is 29.0 Å². The molecule has 0 bridgehead atoms. The maximum Gasteiger partial charge on any atom is 0.323 e. The summed E-state index contributed by atoms with van der Waals surface area (Å²) in [4.78, 5) is 33.3. The van der Waals surface area contributed by atoms with Crippen molar-refractivity contribution in [2.24, 2.45) is 0 Å². The summed E-state index contributed by atoms with van der Waals surface area (Å²) in [6.45, 7) is -1.47. The number of hydrogen-bond acceptors (Lipinski definition) is 4. The minimum Gasteiger partial charge on any atom is -0.480 e. The van der Waals surface area contributed by atoms with Crippen LogP contribution in [-0.2, 0) is 9.59 Å². The average Bonchev–Trinajstić information content (AvgIpc) is 2.61. The number of nitrogens with zero attached hydrogens (tertiary/aromatic N) is 1. The summed E-state index contributed by atoms with van der Waals surface area (Å²) in [5.74, 6) is -3.70. The van der Waals surface area contributed by atoms with Crippen LogP contribution in [0.3, 0.4) is 0 Å². The van der Waals surface area contributed by atoms with Crippen molar-refractivity contribution in [3.05, 3.63) is 23.1 Å². The Labute approximate surface area is 100 Å². The molecule has 1 aromatic rings. The van der Waals surface area contributed by atoms with Gasteiger partial charge >= 0.3 is 11.9 Å². The molecule has 1 heterocycles. The smallest absolute Gasteiger partial charge is 0.323 e. The van der Waals surface area contributed by atoms with E-state index in [4.69, 9.17) is 26.2 Å². The van der Waals surface area contributed by atoms with E-state index in [9.17, 15) is 14.4 Å². The second kappa shape index (κ2) is 5.35. The first kappa shape index (κ1) is 13.0. The molecule has 0 saturated carbocycles. The number of carboxylic acid groups (broad SMARTS) is 2. The molecule has 92 valence electrons. The summed E-state index contributed by atoms with van der Waals surface area (Å²) in [6.07, 6.45) is 0. The third-order valence-corrected chi connectivity index (χ3v) is 1.93. The molecule has 0 aliphatic heterocycles. The Hall–Kier alpha value is -2.02. The van der Waals surface area contributed by atoms with Crippen molar-refractivity contribution >= 4 is 29.4 Å². The van der Waals surface area contributed by atoms with E-state index in [2.05, 4.69) is 0 Å². The first-order chi connectivity index (χ1) is 7.90. The predicted octanol–water partition coefficient (Wildman–Crippen LogP) is 0.544. The molecule has 0 aromatic carbocycles. The Morgan fingerprint density at radius 1 is 1.18 bits per heavy atom. The van der Waals surface area contributed by atoms with Crippen LogP contribution in [0.2, 0.25) is 5.22 Å². The number of amides is 1. The highest BCUT2D eigenvalue weighted by molar-refractivity contribution is 6.29. The van der Waals surface area contributed by atoms with Gasteiger partial charge < -0.3 is 19.5 Å². The van der Waals surface area contributed by atoms with Crippen LogP contribution in [0.25, 0.3) is 0 Å². The fraction of sp³-hybridized carbons (Fsp3) is 0.222. The van der Waals surface area contributed by atoms with Crippen molar-refractivity contribution in [2.75, 3.05) is 13.1 Å². The molecule has 0 unspecified atom stereocenters. The van der Waals surface area contributed by atoms with Gasteiger partial charge in [0.15, 0.2) is 11.0 Å². The molecule has 8 heteroatoms. The molecule has 1 rings (SSSR count). The minimum absolute atomic E-state index is 0.0426. The largest absolute Gasteiger partial charge is 0.480 e. The van der Waals surface area contributed by atoms with Gasteiger partial charge in [-0.1, -0.05) is 0 Å². The molecule has 0 saturated heterocycles. The maximum atomic E-state index is 11.7. The van der Waals surface area contributed by atoms with Gasteiger partial charge in [0.2, 0.25) is 0 Å². The number of halogens is 1. The third-order valence-electron chi connectivity index (χ3n) is 1.72. The van der Waals surface area contributed by atoms with E-state index in [-0.39, 0.29) is 11.0 Å². The Morgan fingerprint density at radius 2 is 1.71 bits per heavy atom. The lowest BCUT2D eigenvalue weighted by Gasteiger charge is -2.16. The summed E-state index contributed by atoms with van der Waals surface area (Å²) in [5.41, 5.74) is 0. The highest BCUT2D eigenvalue weighted by Crippen LogP contribution is 2.14. The van der Waals surface area contributed by atoms with E-state index in [1.165, 1.54) is 12.1 Å². The summed E-state index contributed by atoms with van der Waals surface area (Å²) in [6, 6.07) is 2.54. The molecule has 0 atom stereocenters. The van der Waals surface area contributed by atoms with Crippen LogP contribution in [0, 0.1) is 0 Å². The SMILES string of the molecule is O=C(O)CN(CC(=O)O)C(=O)c1ccc(Cl)o1. The van der Waals surface area contributed by atoms with Crippen LogP contribution in [0.5, 0.6) is 0 Å². The molecule has 17 heavy (non-hydrogen) atoms. The van der Waals surface area contributed by atoms with Crippen molar-refractivity contribution in [1.82, 2.24) is 4.90 Å². The molecule has 0 aliphatic rings. The average molecular weight is 262 g/mol. The zero-order chi connectivity index (χ0) is 13.0. The van der Waals surface area contributed by atoms with Crippen molar-refractivity contribution in [3.8, 4) is 0 Å². The molecule has 0 fully saturated rings. The number of carbonyl (C=O) groups is 3. The molecule has 0 spiro atoms. The first-order valence-corrected chi connectivity index (χ1v) is 4.76. The zero-order valence-electron chi connectivity index (χ0n) is 8.42. The molecule has 1 amide bonds. The van der Waals surface area contributed by atoms with Gasteiger partial charge in [0.1, 0.15) is 13.1 Å². The van der Waals surface area contributed by atoms with E-state index in [0.29, 0.717) is 4.90 Å². The number of hydrogen-bond donors (Lipinski definition) is 2. The maximum absolute atomic E-state index is 11.7. The quantitative estimate of drug-likeness (QED) is 0.801. The van der Waals surface area contributed by atoms with Crippen molar-refractivity contribution in [2.45, 2.75) is 0 Å². The van der Waals surface area contributed by atoms with Gasteiger partial charge in [-0.15, -0.1) is 0 Å². The Morgan fingerprint density at radius 3 is 2.06 bits per heavy atom. The van der Waals surface area contributed by atoms with Gasteiger partial charge in [-0.2, -0.15) is 0 Å². The number of aliphatic carboxylic acids is 2. The molecular formula is C9H8ClNO6. The van der Waals surface area contributed by atoms with Gasteiger partial charge in [0, 0.05) is 0 Å². The summed E-state index contributed by atoms with van der Waals surface area (Å²) in [5, 5.41) is 17.1. The molecular weight excluding hydrogens is 254 g/mol. The third kappa shape index (κ3) is 3.80. The lowest BCUT2D eigenvalue weighted by atomic mass is 10.3. The van der Waals surface area contributed by atoms with Crippen LogP contribution in [0.1, 0.15) is 10.6 Å². The van der Waals surface area contributed by atoms with Gasteiger partial charge in [-0.3, -0.25) is 14.4 Å². The highest BCUT2D eigenvalue weighted by atomic mass is 35.5. The normalized spacial score (nSPS) is 9.94. The van der Waals surface area contributed by atoms with E-state index >= 15 is 0 Å². The van der Waals surface area contributed by atoms with Crippen molar-refractivity contribution in [1.29, 1.82) is 0 Å². The fourth-order valence-electron chi connectivity index (χ4n) is 1.11. The molecule has 2 N–H and O–H groups in total. The van der Waals surface area contributed by atoms with Gasteiger partial charge in [-0.05, 0) is 23.7 Å². The van der Waals surface area contributed by atoms with Crippen LogP contribution < -0.4 is 0 Å². The van der Waals surface area contributed by atoms with E-state index in [1.54, 1.807) is 0 Å². The Balaban J connectivity index is 2.85. The van der Waals surface area contributed by atoms with E-state index < -0.39 is 30.9 Å². The molecule has 1 aromatic heterocycles. The van der Waals surface area contributed by atoms with Crippen LogP contribution in [-0.4, -0.2) is 46.0 Å². The number of rotatable bonds is 5. The summed E-state index contributed by atoms with van der Waals surface area (Å²) in [7, 11) is 0. The highest BCUT2D eigenvalue weighted by Gasteiger charge is 2.23. The van der Waals surface area contributed by atoms with Gasteiger partial charge in [0.05, 0.1) is 0 Å². The lowest BCUT2D eigenvalue weighted by molar-refractivity contribution is -0.140. The molecule has 7 nitrogen and oxygen atoms in total. The van der Waals surface area contributed by atoms with Gasteiger partial charge in [-0.25, -0.2) is 0 Å². The summed E-state index contributed by atoms with van der Waals surface area (Å²) >= 11 is 5.45. The van der Waals surface area contributed by atoms with E-state index in [0.717, 1.165) is 0 Å². The van der Waals surface area contributed by atoms with Crippen LogP contribution in [0.4, 0.5) is 0 Å². The molecule has 0 aliphatic carbocycles. The topological polar surface area (TPSA) is 108 Å².